The standard InChI is InChI=1S/C10H19N3S/c1-10(2,3)6-8(11)7-13-9-12-4-5-14-9/h4-5,8H,6-7,11H2,1-3H3,(H,12,13). The summed E-state index contributed by atoms with van der Waals surface area (Å²) >= 11 is 1.61. The third kappa shape index (κ3) is 4.58. The lowest BCUT2D eigenvalue weighted by molar-refractivity contribution is 0.345. The van der Waals surface area contributed by atoms with Gasteiger partial charge in [0.05, 0.1) is 0 Å². The fourth-order valence-corrected chi connectivity index (χ4v) is 1.93. The minimum Gasteiger partial charge on any atom is -0.360 e. The first-order valence-corrected chi connectivity index (χ1v) is 5.74. The molecule has 0 radical (unpaired) electrons. The smallest absolute Gasteiger partial charge is 0.182 e. The fraction of sp³-hybridized carbons (Fsp3) is 0.700. The minimum atomic E-state index is 0.193. The second kappa shape index (κ2) is 4.75. The second-order valence-electron chi connectivity index (χ2n) is 4.74. The van der Waals surface area contributed by atoms with Crippen molar-refractivity contribution < 1.29 is 0 Å². The van der Waals surface area contributed by atoms with Crippen LogP contribution < -0.4 is 11.1 Å². The van der Waals surface area contributed by atoms with E-state index in [1.807, 2.05) is 5.38 Å². The molecule has 1 rings (SSSR count). The van der Waals surface area contributed by atoms with E-state index < -0.39 is 0 Å². The third-order valence-electron chi connectivity index (χ3n) is 1.82. The van der Waals surface area contributed by atoms with Crippen molar-refractivity contribution >= 4 is 16.5 Å². The highest BCUT2D eigenvalue weighted by Gasteiger charge is 2.15. The quantitative estimate of drug-likeness (QED) is 0.807. The molecule has 0 saturated carbocycles. The number of hydrogen-bond acceptors (Lipinski definition) is 4. The Kier molecular flexibility index (Phi) is 3.89. The van der Waals surface area contributed by atoms with Gasteiger partial charge in [0.15, 0.2) is 5.13 Å². The largest absolute Gasteiger partial charge is 0.360 e. The Morgan fingerprint density at radius 2 is 2.29 bits per heavy atom. The maximum absolute atomic E-state index is 5.99. The van der Waals surface area contributed by atoms with Gasteiger partial charge in [-0.3, -0.25) is 0 Å². The number of nitrogens with zero attached hydrogens (tertiary/aromatic N) is 1. The summed E-state index contributed by atoms with van der Waals surface area (Å²) in [5, 5.41) is 6.14. The predicted molar refractivity (Wildman–Crippen MR) is 62.7 cm³/mol. The lowest BCUT2D eigenvalue weighted by Crippen LogP contribution is -2.33. The van der Waals surface area contributed by atoms with Gasteiger partial charge < -0.3 is 11.1 Å². The number of nitrogens with two attached hydrogens (primary N) is 1. The van der Waals surface area contributed by atoms with Crippen LogP contribution in [0.4, 0.5) is 5.13 Å². The average molecular weight is 213 g/mol. The lowest BCUT2D eigenvalue weighted by Gasteiger charge is -2.23. The van der Waals surface area contributed by atoms with E-state index in [0.29, 0.717) is 5.41 Å². The van der Waals surface area contributed by atoms with Crippen molar-refractivity contribution in [3.63, 3.8) is 0 Å². The van der Waals surface area contributed by atoms with Crippen molar-refractivity contribution in [2.24, 2.45) is 11.1 Å². The Balaban J connectivity index is 2.25. The summed E-state index contributed by atoms with van der Waals surface area (Å²) in [6, 6.07) is 0.193. The highest BCUT2D eigenvalue weighted by Crippen LogP contribution is 2.20. The molecule has 1 aromatic rings. The van der Waals surface area contributed by atoms with Crippen LogP contribution >= 0.6 is 11.3 Å². The Labute approximate surface area is 89.7 Å². The first kappa shape index (κ1) is 11.5. The van der Waals surface area contributed by atoms with Crippen LogP contribution in [-0.4, -0.2) is 17.6 Å². The van der Waals surface area contributed by atoms with Crippen LogP contribution in [0.5, 0.6) is 0 Å². The summed E-state index contributed by atoms with van der Waals surface area (Å²) in [7, 11) is 0. The molecule has 0 amide bonds. The molecule has 80 valence electrons. The zero-order valence-corrected chi connectivity index (χ0v) is 9.90. The van der Waals surface area contributed by atoms with Crippen molar-refractivity contribution in [2.75, 3.05) is 11.9 Å². The van der Waals surface area contributed by atoms with E-state index >= 15 is 0 Å². The molecule has 1 unspecified atom stereocenters. The van der Waals surface area contributed by atoms with Gasteiger partial charge in [-0.2, -0.15) is 0 Å². The van der Waals surface area contributed by atoms with Gasteiger partial charge in [-0.1, -0.05) is 20.8 Å². The van der Waals surface area contributed by atoms with Crippen LogP contribution in [0.2, 0.25) is 0 Å². The Hall–Kier alpha value is -0.610. The molecule has 3 N–H and O–H groups in total. The summed E-state index contributed by atoms with van der Waals surface area (Å²) in [4.78, 5) is 4.14. The number of hydrogen-bond donors (Lipinski definition) is 2. The summed E-state index contributed by atoms with van der Waals surface area (Å²) in [5.74, 6) is 0. The summed E-state index contributed by atoms with van der Waals surface area (Å²) in [6.07, 6.45) is 2.81. The molecule has 0 aliphatic heterocycles. The van der Waals surface area contributed by atoms with Gasteiger partial charge in [0.25, 0.3) is 0 Å². The molecule has 0 aromatic carbocycles. The Bertz CT molecular complexity index is 251. The molecular weight excluding hydrogens is 194 g/mol. The number of rotatable bonds is 4. The molecular formula is C10H19N3S. The maximum Gasteiger partial charge on any atom is 0.182 e. The van der Waals surface area contributed by atoms with Crippen LogP contribution in [0.1, 0.15) is 27.2 Å². The van der Waals surface area contributed by atoms with E-state index in [0.717, 1.165) is 18.1 Å². The maximum atomic E-state index is 5.99. The van der Waals surface area contributed by atoms with Gasteiger partial charge in [-0.05, 0) is 11.8 Å². The molecule has 0 aliphatic carbocycles. The zero-order valence-electron chi connectivity index (χ0n) is 9.08. The molecule has 1 aromatic heterocycles. The molecule has 14 heavy (non-hydrogen) atoms. The zero-order chi connectivity index (χ0) is 10.6. The van der Waals surface area contributed by atoms with Crippen molar-refractivity contribution in [1.82, 2.24) is 4.98 Å². The summed E-state index contributed by atoms with van der Waals surface area (Å²) in [6.45, 7) is 7.41. The van der Waals surface area contributed by atoms with E-state index in [2.05, 4.69) is 31.1 Å². The second-order valence-corrected chi connectivity index (χ2v) is 5.64. The van der Waals surface area contributed by atoms with Gasteiger partial charge in [-0.25, -0.2) is 4.98 Å². The van der Waals surface area contributed by atoms with E-state index in [1.165, 1.54) is 0 Å². The first-order valence-electron chi connectivity index (χ1n) is 4.86. The van der Waals surface area contributed by atoms with E-state index in [-0.39, 0.29) is 6.04 Å². The van der Waals surface area contributed by atoms with Crippen LogP contribution in [-0.2, 0) is 0 Å². The normalized spacial score (nSPS) is 14.0. The molecule has 1 atom stereocenters. The molecule has 0 spiro atoms. The topological polar surface area (TPSA) is 50.9 Å². The van der Waals surface area contributed by atoms with Gasteiger partial charge in [0.1, 0.15) is 0 Å². The van der Waals surface area contributed by atoms with Crippen molar-refractivity contribution in [3.8, 4) is 0 Å². The average Bonchev–Trinajstić information content (AvgIpc) is 2.49. The third-order valence-corrected chi connectivity index (χ3v) is 2.55. The molecule has 0 fully saturated rings. The Morgan fingerprint density at radius 1 is 1.57 bits per heavy atom. The van der Waals surface area contributed by atoms with Crippen LogP contribution in [0.15, 0.2) is 11.6 Å². The number of aromatic nitrogens is 1. The highest BCUT2D eigenvalue weighted by molar-refractivity contribution is 7.13. The van der Waals surface area contributed by atoms with Gasteiger partial charge in [0.2, 0.25) is 0 Å². The lowest BCUT2D eigenvalue weighted by atomic mass is 9.88. The van der Waals surface area contributed by atoms with Crippen molar-refractivity contribution in [2.45, 2.75) is 33.2 Å². The minimum absolute atomic E-state index is 0.193. The summed E-state index contributed by atoms with van der Waals surface area (Å²) in [5.41, 5.74) is 6.29. The number of nitrogens with one attached hydrogen (secondary N) is 1. The highest BCUT2D eigenvalue weighted by atomic mass is 32.1. The molecule has 3 nitrogen and oxygen atoms in total. The van der Waals surface area contributed by atoms with Gasteiger partial charge in [-0.15, -0.1) is 11.3 Å². The molecule has 0 aliphatic rings. The number of anilines is 1. The molecule has 4 heteroatoms. The van der Waals surface area contributed by atoms with E-state index in [4.69, 9.17) is 5.73 Å². The van der Waals surface area contributed by atoms with Crippen molar-refractivity contribution in [1.29, 1.82) is 0 Å². The predicted octanol–water partition coefficient (Wildman–Crippen LogP) is 2.32. The first-order chi connectivity index (χ1) is 6.47. The van der Waals surface area contributed by atoms with Gasteiger partial charge in [0, 0.05) is 24.2 Å². The monoisotopic (exact) mass is 213 g/mol. The van der Waals surface area contributed by atoms with E-state index in [9.17, 15) is 0 Å². The fourth-order valence-electron chi connectivity index (χ4n) is 1.39. The summed E-state index contributed by atoms with van der Waals surface area (Å²) < 4.78 is 0. The molecule has 0 saturated heterocycles. The van der Waals surface area contributed by atoms with Gasteiger partial charge >= 0.3 is 0 Å². The SMILES string of the molecule is CC(C)(C)CC(N)CNc1nccs1. The Morgan fingerprint density at radius 3 is 2.79 bits per heavy atom. The van der Waals surface area contributed by atoms with Crippen LogP contribution in [0.3, 0.4) is 0 Å². The van der Waals surface area contributed by atoms with Crippen molar-refractivity contribution in [3.05, 3.63) is 11.6 Å². The van der Waals surface area contributed by atoms with Crippen LogP contribution in [0, 0.1) is 5.41 Å². The molecule has 0 bridgehead atoms. The van der Waals surface area contributed by atoms with Crippen LogP contribution in [0.25, 0.3) is 0 Å². The van der Waals surface area contributed by atoms with E-state index in [1.54, 1.807) is 17.5 Å². The number of thiazole rings is 1. The molecule has 1 heterocycles.